The second kappa shape index (κ2) is 6.55. The molecule has 0 aliphatic carbocycles. The summed E-state index contributed by atoms with van der Waals surface area (Å²) in [6, 6.07) is 3.69. The number of halogens is 1. The highest BCUT2D eigenvalue weighted by molar-refractivity contribution is 5.12. The van der Waals surface area contributed by atoms with Crippen LogP contribution in [0.2, 0.25) is 0 Å². The quantitative estimate of drug-likeness (QED) is 0.770. The zero-order chi connectivity index (χ0) is 11.9. The predicted molar refractivity (Wildman–Crippen MR) is 61.9 cm³/mol. The van der Waals surface area contributed by atoms with Gasteiger partial charge in [-0.2, -0.15) is 0 Å². The molecular formula is C12H19FN2O. The smallest absolute Gasteiger partial charge is 0.138 e. The molecule has 0 spiro atoms. The van der Waals surface area contributed by atoms with Crippen LogP contribution in [0.3, 0.4) is 0 Å². The lowest BCUT2D eigenvalue weighted by Crippen LogP contribution is -2.32. The highest BCUT2D eigenvalue weighted by Crippen LogP contribution is 2.23. The molecule has 1 heterocycles. The lowest BCUT2D eigenvalue weighted by atomic mass is 9.93. The molecular weight excluding hydrogens is 207 g/mol. The van der Waals surface area contributed by atoms with E-state index >= 15 is 0 Å². The molecule has 2 N–H and O–H groups in total. The van der Waals surface area contributed by atoms with Crippen molar-refractivity contribution in [3.05, 3.63) is 30.1 Å². The number of nitrogens with two attached hydrogens (primary N) is 1. The molecule has 1 unspecified atom stereocenters. The summed E-state index contributed by atoms with van der Waals surface area (Å²) in [5.41, 5.74) is 4.96. The van der Waals surface area contributed by atoms with E-state index in [1.807, 2.05) is 12.1 Å². The fourth-order valence-corrected chi connectivity index (χ4v) is 1.76. The van der Waals surface area contributed by atoms with Crippen LogP contribution in [-0.2, 0) is 11.2 Å². The Balaban J connectivity index is 2.62. The third-order valence-electron chi connectivity index (χ3n) is 2.48. The van der Waals surface area contributed by atoms with E-state index in [4.69, 9.17) is 10.5 Å². The van der Waals surface area contributed by atoms with Crippen molar-refractivity contribution in [1.82, 2.24) is 4.98 Å². The number of alkyl halides is 1. The first-order valence-corrected chi connectivity index (χ1v) is 5.47. The van der Waals surface area contributed by atoms with Crippen LogP contribution in [0.4, 0.5) is 4.39 Å². The minimum atomic E-state index is -1.34. The third kappa shape index (κ3) is 4.24. The van der Waals surface area contributed by atoms with Gasteiger partial charge in [-0.15, -0.1) is 0 Å². The Bertz CT molecular complexity index is 294. The van der Waals surface area contributed by atoms with Gasteiger partial charge in [0.05, 0.1) is 6.61 Å². The lowest BCUT2D eigenvalue weighted by Gasteiger charge is -2.24. The summed E-state index contributed by atoms with van der Waals surface area (Å²) in [7, 11) is 1.51. The Kier molecular flexibility index (Phi) is 5.35. The van der Waals surface area contributed by atoms with Crippen molar-refractivity contribution in [2.75, 3.05) is 20.3 Å². The van der Waals surface area contributed by atoms with Gasteiger partial charge < -0.3 is 10.5 Å². The maximum atomic E-state index is 14.5. The summed E-state index contributed by atoms with van der Waals surface area (Å²) in [5, 5.41) is 0. The molecule has 0 aliphatic rings. The lowest BCUT2D eigenvalue weighted by molar-refractivity contribution is 0.0334. The normalized spacial score (nSPS) is 14.7. The predicted octanol–water partition coefficient (Wildman–Crippen LogP) is 1.72. The van der Waals surface area contributed by atoms with Gasteiger partial charge in [0.2, 0.25) is 0 Å². The first kappa shape index (κ1) is 13.1. The molecule has 90 valence electrons. The van der Waals surface area contributed by atoms with Crippen molar-refractivity contribution in [1.29, 1.82) is 0 Å². The van der Waals surface area contributed by atoms with Crippen molar-refractivity contribution in [2.24, 2.45) is 5.73 Å². The van der Waals surface area contributed by atoms with Crippen LogP contribution in [0.15, 0.2) is 24.5 Å². The second-order valence-corrected chi connectivity index (χ2v) is 4.01. The fourth-order valence-electron chi connectivity index (χ4n) is 1.76. The number of ether oxygens (including phenoxy) is 1. The molecule has 0 bridgehead atoms. The Morgan fingerprint density at radius 1 is 1.56 bits per heavy atom. The minimum Gasteiger partial charge on any atom is -0.381 e. The zero-order valence-corrected chi connectivity index (χ0v) is 9.66. The van der Waals surface area contributed by atoms with Crippen LogP contribution >= 0.6 is 0 Å². The number of hydrogen-bond acceptors (Lipinski definition) is 3. The Morgan fingerprint density at radius 2 is 2.38 bits per heavy atom. The largest absolute Gasteiger partial charge is 0.381 e. The van der Waals surface area contributed by atoms with Crippen molar-refractivity contribution >= 4 is 0 Å². The summed E-state index contributed by atoms with van der Waals surface area (Å²) < 4.78 is 19.4. The maximum Gasteiger partial charge on any atom is 0.138 e. The van der Waals surface area contributed by atoms with E-state index in [9.17, 15) is 4.39 Å². The molecule has 0 aromatic carbocycles. The summed E-state index contributed by atoms with van der Waals surface area (Å²) in [6.45, 7) is 0.602. The number of hydrogen-bond donors (Lipinski definition) is 1. The van der Waals surface area contributed by atoms with Gasteiger partial charge in [0.25, 0.3) is 0 Å². The summed E-state index contributed by atoms with van der Waals surface area (Å²) in [6.07, 6.45) is 4.78. The van der Waals surface area contributed by atoms with Crippen molar-refractivity contribution < 1.29 is 9.13 Å². The summed E-state index contributed by atoms with van der Waals surface area (Å²) in [4.78, 5) is 3.98. The van der Waals surface area contributed by atoms with Crippen LogP contribution in [0, 0.1) is 0 Å². The molecule has 0 saturated carbocycles. The van der Waals surface area contributed by atoms with Crippen molar-refractivity contribution in [3.8, 4) is 0 Å². The van der Waals surface area contributed by atoms with Gasteiger partial charge in [-0.05, 0) is 31.0 Å². The van der Waals surface area contributed by atoms with Gasteiger partial charge in [-0.25, -0.2) is 4.39 Å². The monoisotopic (exact) mass is 226 g/mol. The number of pyridine rings is 1. The summed E-state index contributed by atoms with van der Waals surface area (Å²) >= 11 is 0. The Labute approximate surface area is 95.8 Å². The van der Waals surface area contributed by atoms with Gasteiger partial charge >= 0.3 is 0 Å². The van der Waals surface area contributed by atoms with Crippen LogP contribution in [-0.4, -0.2) is 30.9 Å². The van der Waals surface area contributed by atoms with Crippen LogP contribution in [0.1, 0.15) is 18.4 Å². The van der Waals surface area contributed by atoms with Gasteiger partial charge in [0, 0.05) is 25.9 Å². The van der Waals surface area contributed by atoms with E-state index in [2.05, 4.69) is 4.98 Å². The average molecular weight is 226 g/mol. The van der Waals surface area contributed by atoms with Gasteiger partial charge in [0.15, 0.2) is 0 Å². The molecule has 1 rings (SSSR count). The molecule has 1 aromatic rings. The van der Waals surface area contributed by atoms with Gasteiger partial charge in [-0.3, -0.25) is 4.98 Å². The standard InChI is InChI=1S/C12H19FN2O/c1-16-10-12(13,5-3-6-14)8-11-4-2-7-15-9-11/h2,4,7,9H,3,5-6,8,10,14H2,1H3. The molecule has 0 amide bonds. The number of nitrogens with zero attached hydrogens (tertiary/aromatic N) is 1. The Hall–Kier alpha value is -1.00. The third-order valence-corrected chi connectivity index (χ3v) is 2.48. The highest BCUT2D eigenvalue weighted by atomic mass is 19.1. The van der Waals surface area contributed by atoms with E-state index in [-0.39, 0.29) is 6.61 Å². The van der Waals surface area contributed by atoms with Crippen LogP contribution in [0.25, 0.3) is 0 Å². The van der Waals surface area contributed by atoms with E-state index in [0.717, 1.165) is 5.56 Å². The molecule has 4 heteroatoms. The molecule has 16 heavy (non-hydrogen) atoms. The first-order chi connectivity index (χ1) is 7.70. The van der Waals surface area contributed by atoms with Crippen molar-refractivity contribution in [3.63, 3.8) is 0 Å². The molecule has 3 nitrogen and oxygen atoms in total. The van der Waals surface area contributed by atoms with E-state index in [1.54, 1.807) is 12.4 Å². The van der Waals surface area contributed by atoms with Gasteiger partial charge in [0.1, 0.15) is 5.67 Å². The second-order valence-electron chi connectivity index (χ2n) is 4.01. The fraction of sp³-hybridized carbons (Fsp3) is 0.583. The van der Waals surface area contributed by atoms with Gasteiger partial charge in [-0.1, -0.05) is 6.07 Å². The first-order valence-electron chi connectivity index (χ1n) is 5.47. The van der Waals surface area contributed by atoms with E-state index in [1.165, 1.54) is 7.11 Å². The SMILES string of the molecule is COCC(F)(CCCN)Cc1cccnc1. The van der Waals surface area contributed by atoms with E-state index < -0.39 is 5.67 Å². The Morgan fingerprint density at radius 3 is 2.94 bits per heavy atom. The average Bonchev–Trinajstić information content (AvgIpc) is 2.28. The molecule has 1 atom stereocenters. The topological polar surface area (TPSA) is 48.1 Å². The molecule has 0 aliphatic heterocycles. The van der Waals surface area contributed by atoms with E-state index in [0.29, 0.717) is 25.8 Å². The highest BCUT2D eigenvalue weighted by Gasteiger charge is 2.29. The minimum absolute atomic E-state index is 0.0991. The molecule has 0 saturated heterocycles. The maximum absolute atomic E-state index is 14.5. The molecule has 0 fully saturated rings. The molecule has 1 aromatic heterocycles. The summed E-state index contributed by atoms with van der Waals surface area (Å²) in [5.74, 6) is 0. The van der Waals surface area contributed by atoms with Crippen molar-refractivity contribution in [2.45, 2.75) is 24.9 Å². The van der Waals surface area contributed by atoms with Crippen LogP contribution < -0.4 is 5.73 Å². The zero-order valence-electron chi connectivity index (χ0n) is 9.66. The number of rotatable bonds is 7. The molecule has 0 radical (unpaired) electrons. The van der Waals surface area contributed by atoms with Crippen LogP contribution in [0.5, 0.6) is 0 Å². The number of aromatic nitrogens is 1. The number of methoxy groups -OCH3 is 1.